The number of hydrogen-bond acceptors (Lipinski definition) is 7. The van der Waals surface area contributed by atoms with Gasteiger partial charge in [0.2, 0.25) is 5.91 Å². The molecule has 1 atom stereocenters. The first kappa shape index (κ1) is 28.0. The van der Waals surface area contributed by atoms with Gasteiger partial charge in [-0.15, -0.1) is 23.1 Å². The van der Waals surface area contributed by atoms with Crippen LogP contribution in [0.25, 0.3) is 11.3 Å². The molecule has 0 aliphatic carbocycles. The molecule has 2 amide bonds. The molecule has 5 aromatic rings. The van der Waals surface area contributed by atoms with E-state index in [-0.39, 0.29) is 17.5 Å². The number of thioether (sulfide) groups is 1. The fourth-order valence-electron chi connectivity index (χ4n) is 3.89. The number of nitrogens with one attached hydrogen (secondary N) is 2. The number of thiazole rings is 1. The zero-order chi connectivity index (χ0) is 28.8. The molecule has 0 saturated heterocycles. The van der Waals surface area contributed by atoms with Gasteiger partial charge in [-0.3, -0.25) is 19.7 Å². The third-order valence-corrected chi connectivity index (χ3v) is 8.28. The van der Waals surface area contributed by atoms with Gasteiger partial charge in [0.05, 0.1) is 10.6 Å². The molecule has 8 nitrogen and oxygen atoms in total. The van der Waals surface area contributed by atoms with Crippen LogP contribution in [0.5, 0.6) is 0 Å². The molecule has 0 spiro atoms. The molecular formula is C30H21ClN4O4S2. The number of rotatable bonds is 9. The second-order valence-electron chi connectivity index (χ2n) is 8.70. The highest BCUT2D eigenvalue weighted by molar-refractivity contribution is 8.00. The average molecular weight is 601 g/mol. The first-order valence-electron chi connectivity index (χ1n) is 12.3. The summed E-state index contributed by atoms with van der Waals surface area (Å²) in [7, 11) is 0. The van der Waals surface area contributed by atoms with E-state index in [4.69, 9.17) is 11.6 Å². The van der Waals surface area contributed by atoms with Gasteiger partial charge in [-0.2, -0.15) is 0 Å². The summed E-state index contributed by atoms with van der Waals surface area (Å²) in [5, 5.41) is 18.9. The third kappa shape index (κ3) is 6.98. The molecule has 0 aliphatic rings. The monoisotopic (exact) mass is 600 g/mol. The van der Waals surface area contributed by atoms with Crippen LogP contribution in [0.4, 0.5) is 16.5 Å². The Hall–Kier alpha value is -4.51. The highest BCUT2D eigenvalue weighted by atomic mass is 35.5. The first-order valence-corrected chi connectivity index (χ1v) is 14.4. The van der Waals surface area contributed by atoms with Gasteiger partial charge in [-0.05, 0) is 48.0 Å². The van der Waals surface area contributed by atoms with Crippen LogP contribution in [0.3, 0.4) is 0 Å². The van der Waals surface area contributed by atoms with Gasteiger partial charge in [0.25, 0.3) is 11.6 Å². The standard InChI is InChI=1S/C30H21ClN4O4S2/c31-25-9-5-4-8-24(25)26-18-40-30(33-26)34-29(37)27(19-6-2-1-3-7-19)41-23-16-12-21(13-17-23)32-28(36)20-10-14-22(15-11-20)35(38)39/h1-18,27H,(H,32,36)(H,33,34,37). The lowest BCUT2D eigenvalue weighted by Crippen LogP contribution is -2.19. The van der Waals surface area contributed by atoms with Crippen molar-refractivity contribution in [3.8, 4) is 11.3 Å². The van der Waals surface area contributed by atoms with Crippen LogP contribution in [0.15, 0.2) is 113 Å². The van der Waals surface area contributed by atoms with Gasteiger partial charge in [-0.1, -0.05) is 60.1 Å². The van der Waals surface area contributed by atoms with Crippen LogP contribution >= 0.6 is 34.7 Å². The number of aromatic nitrogens is 1. The number of nitro groups is 1. The summed E-state index contributed by atoms with van der Waals surface area (Å²) < 4.78 is 0. The number of nitrogens with zero attached hydrogens (tertiary/aromatic N) is 2. The number of anilines is 2. The molecule has 4 aromatic carbocycles. The Bertz CT molecular complexity index is 1690. The fraction of sp³-hybridized carbons (Fsp3) is 0.0333. The van der Waals surface area contributed by atoms with Gasteiger partial charge in [0.1, 0.15) is 5.25 Å². The number of halogens is 1. The van der Waals surface area contributed by atoms with Crippen molar-refractivity contribution in [3.63, 3.8) is 0 Å². The van der Waals surface area contributed by atoms with E-state index < -0.39 is 10.2 Å². The molecule has 2 N–H and O–H groups in total. The molecule has 41 heavy (non-hydrogen) atoms. The smallest absolute Gasteiger partial charge is 0.269 e. The van der Waals surface area contributed by atoms with E-state index in [9.17, 15) is 19.7 Å². The second-order valence-corrected chi connectivity index (χ2v) is 11.1. The summed E-state index contributed by atoms with van der Waals surface area (Å²) in [6, 6.07) is 29.3. The molecular weight excluding hydrogens is 580 g/mol. The highest BCUT2D eigenvalue weighted by Gasteiger charge is 2.23. The molecule has 1 heterocycles. The predicted octanol–water partition coefficient (Wildman–Crippen LogP) is 8.10. The van der Waals surface area contributed by atoms with Crippen molar-refractivity contribution in [1.82, 2.24) is 4.98 Å². The van der Waals surface area contributed by atoms with Crippen LogP contribution < -0.4 is 10.6 Å². The number of amides is 2. The molecule has 1 aromatic heterocycles. The normalized spacial score (nSPS) is 11.4. The lowest BCUT2D eigenvalue weighted by molar-refractivity contribution is -0.384. The van der Waals surface area contributed by atoms with E-state index in [2.05, 4.69) is 15.6 Å². The molecule has 1 unspecified atom stereocenters. The predicted molar refractivity (Wildman–Crippen MR) is 164 cm³/mol. The minimum atomic E-state index is -0.565. The summed E-state index contributed by atoms with van der Waals surface area (Å²) in [4.78, 5) is 41.7. The van der Waals surface area contributed by atoms with Crippen LogP contribution in [-0.2, 0) is 4.79 Å². The summed E-state index contributed by atoms with van der Waals surface area (Å²) in [5.74, 6) is -0.613. The number of hydrogen-bond donors (Lipinski definition) is 2. The fourth-order valence-corrected chi connectivity index (χ4v) is 5.86. The number of non-ortho nitro benzene ring substituents is 1. The number of nitro benzene ring substituents is 1. The van der Waals surface area contributed by atoms with Crippen LogP contribution in [0.2, 0.25) is 5.02 Å². The summed E-state index contributed by atoms with van der Waals surface area (Å²) in [6.45, 7) is 0. The van der Waals surface area contributed by atoms with Crippen molar-refractivity contribution in [2.45, 2.75) is 10.1 Å². The maximum absolute atomic E-state index is 13.5. The van der Waals surface area contributed by atoms with Crippen LogP contribution in [0, 0.1) is 10.1 Å². The van der Waals surface area contributed by atoms with E-state index in [0.29, 0.717) is 27.1 Å². The zero-order valence-corrected chi connectivity index (χ0v) is 23.6. The maximum atomic E-state index is 13.5. The molecule has 0 fully saturated rings. The van der Waals surface area contributed by atoms with Crippen molar-refractivity contribution in [1.29, 1.82) is 0 Å². The second kappa shape index (κ2) is 12.8. The Kier molecular flexibility index (Phi) is 8.73. The number of carbonyl (C=O) groups is 2. The summed E-state index contributed by atoms with van der Waals surface area (Å²) in [6.07, 6.45) is 0. The molecule has 0 bridgehead atoms. The molecule has 5 rings (SSSR count). The molecule has 11 heteroatoms. The van der Waals surface area contributed by atoms with Crippen molar-refractivity contribution in [3.05, 3.63) is 135 Å². The van der Waals surface area contributed by atoms with E-state index in [0.717, 1.165) is 16.0 Å². The van der Waals surface area contributed by atoms with E-state index in [1.807, 2.05) is 66.0 Å². The van der Waals surface area contributed by atoms with E-state index >= 15 is 0 Å². The minimum absolute atomic E-state index is 0.0872. The van der Waals surface area contributed by atoms with Crippen LogP contribution in [0.1, 0.15) is 21.2 Å². The number of benzene rings is 4. The SMILES string of the molecule is O=C(Nc1ccc(SC(C(=O)Nc2nc(-c3ccccc3Cl)cs2)c2ccccc2)cc1)c1ccc([N+](=O)[O-])cc1. The first-order chi connectivity index (χ1) is 19.9. The van der Waals surface area contributed by atoms with Crippen molar-refractivity contribution in [2.75, 3.05) is 10.6 Å². The largest absolute Gasteiger partial charge is 0.322 e. The Morgan fingerprint density at radius 2 is 1.56 bits per heavy atom. The van der Waals surface area contributed by atoms with Gasteiger partial charge < -0.3 is 10.6 Å². The summed E-state index contributed by atoms with van der Waals surface area (Å²) in [5.41, 5.74) is 3.07. The van der Waals surface area contributed by atoms with Gasteiger partial charge in [-0.25, -0.2) is 4.98 Å². The van der Waals surface area contributed by atoms with Crippen molar-refractivity contribution >= 4 is 63.0 Å². The Labute approximate surface area is 248 Å². The maximum Gasteiger partial charge on any atom is 0.269 e. The third-order valence-electron chi connectivity index (χ3n) is 5.93. The topological polar surface area (TPSA) is 114 Å². The average Bonchev–Trinajstić information content (AvgIpc) is 3.45. The van der Waals surface area contributed by atoms with Crippen molar-refractivity contribution in [2.24, 2.45) is 0 Å². The molecule has 0 saturated carbocycles. The Morgan fingerprint density at radius 3 is 2.24 bits per heavy atom. The lowest BCUT2D eigenvalue weighted by Gasteiger charge is -2.16. The van der Waals surface area contributed by atoms with E-state index in [1.165, 1.54) is 47.4 Å². The minimum Gasteiger partial charge on any atom is -0.322 e. The molecule has 0 radical (unpaired) electrons. The van der Waals surface area contributed by atoms with Gasteiger partial charge in [0.15, 0.2) is 5.13 Å². The van der Waals surface area contributed by atoms with Gasteiger partial charge >= 0.3 is 0 Å². The van der Waals surface area contributed by atoms with Gasteiger partial charge in [0, 0.05) is 44.2 Å². The Morgan fingerprint density at radius 1 is 0.878 bits per heavy atom. The van der Waals surface area contributed by atoms with Crippen LogP contribution in [-0.4, -0.2) is 21.7 Å². The van der Waals surface area contributed by atoms with Crippen molar-refractivity contribution < 1.29 is 14.5 Å². The highest BCUT2D eigenvalue weighted by Crippen LogP contribution is 2.37. The lowest BCUT2D eigenvalue weighted by atomic mass is 10.1. The van der Waals surface area contributed by atoms with E-state index in [1.54, 1.807) is 18.2 Å². The Balaban J connectivity index is 1.28. The number of carbonyl (C=O) groups excluding carboxylic acids is 2. The molecule has 204 valence electrons. The zero-order valence-electron chi connectivity index (χ0n) is 21.2. The quantitative estimate of drug-likeness (QED) is 0.100. The summed E-state index contributed by atoms with van der Waals surface area (Å²) >= 11 is 9.00. The molecule has 0 aliphatic heterocycles.